The second-order valence-electron chi connectivity index (χ2n) is 6.25. The summed E-state index contributed by atoms with van der Waals surface area (Å²) in [5.41, 5.74) is 5.83. The molecule has 25 heavy (non-hydrogen) atoms. The van der Waals surface area contributed by atoms with Crippen molar-refractivity contribution in [3.8, 4) is 0 Å². The highest BCUT2D eigenvalue weighted by atomic mass is 32.1. The minimum atomic E-state index is 0.944. The fraction of sp³-hybridized carbons (Fsp3) is 0.739. The molecule has 0 saturated heterocycles. The van der Waals surface area contributed by atoms with E-state index in [1.165, 1.54) is 83.2 Å². The first-order valence-corrected chi connectivity index (χ1v) is 10.9. The highest BCUT2D eigenvalue weighted by Crippen LogP contribution is 2.10. The average molecular weight is 370 g/mol. The summed E-state index contributed by atoms with van der Waals surface area (Å²) in [6.07, 6.45) is 25.0. The third kappa shape index (κ3) is 39.9. The van der Waals surface area contributed by atoms with Crippen molar-refractivity contribution in [2.24, 2.45) is 5.73 Å². The lowest BCUT2D eigenvalue weighted by Crippen LogP contribution is -1.80. The van der Waals surface area contributed by atoms with Gasteiger partial charge in [0.2, 0.25) is 0 Å². The molecule has 0 aromatic rings. The first-order valence-electron chi connectivity index (χ1n) is 10.3. The van der Waals surface area contributed by atoms with Gasteiger partial charge in [-0.15, -0.1) is 6.58 Å². The van der Waals surface area contributed by atoms with E-state index in [4.69, 9.17) is 0 Å². The number of hydrogen-bond donors (Lipinski definition) is 2. The standard InChI is InChI=1S/C20H36.C2H6S.CH5N/c1-4-5-6-7-8-9-10-11-12-13-14-15-16-17-18-19-20(2)3;1-2-3;1-2/h8-9,11-12H,2,4-7,10,13-19H2,1,3H3;3H,2H2,1H3;2H2,1H3/b9-8-,12-11-;;. The molecule has 150 valence electrons. The Bertz CT molecular complexity index is 282. The average Bonchev–Trinajstić information content (AvgIpc) is 2.60. The van der Waals surface area contributed by atoms with Gasteiger partial charge in [0.1, 0.15) is 0 Å². The van der Waals surface area contributed by atoms with Crippen LogP contribution in [0.25, 0.3) is 0 Å². The van der Waals surface area contributed by atoms with Gasteiger partial charge in [-0.25, -0.2) is 0 Å². The van der Waals surface area contributed by atoms with E-state index in [1.807, 2.05) is 6.92 Å². The van der Waals surface area contributed by atoms with Gasteiger partial charge in [-0.3, -0.25) is 0 Å². The molecule has 0 unspecified atom stereocenters. The minimum absolute atomic E-state index is 0.944. The molecule has 0 aromatic carbocycles. The molecule has 0 aromatic heterocycles. The van der Waals surface area contributed by atoms with Gasteiger partial charge in [-0.05, 0) is 64.7 Å². The predicted octanol–water partition coefficient (Wildman–Crippen LogP) is 7.89. The Labute approximate surface area is 165 Å². The van der Waals surface area contributed by atoms with E-state index in [9.17, 15) is 0 Å². The van der Waals surface area contributed by atoms with E-state index >= 15 is 0 Å². The van der Waals surface area contributed by atoms with Gasteiger partial charge in [0.15, 0.2) is 0 Å². The molecule has 0 saturated carbocycles. The van der Waals surface area contributed by atoms with Crippen LogP contribution in [-0.4, -0.2) is 12.8 Å². The van der Waals surface area contributed by atoms with Crippen LogP contribution in [0.15, 0.2) is 36.5 Å². The van der Waals surface area contributed by atoms with E-state index in [1.54, 1.807) is 0 Å². The molecular weight excluding hydrogens is 322 g/mol. The molecular formula is C23H47NS. The van der Waals surface area contributed by atoms with Crippen molar-refractivity contribution in [3.63, 3.8) is 0 Å². The number of thiol groups is 1. The Morgan fingerprint density at radius 3 is 1.72 bits per heavy atom. The van der Waals surface area contributed by atoms with Crippen molar-refractivity contribution >= 4 is 12.6 Å². The van der Waals surface area contributed by atoms with E-state index < -0.39 is 0 Å². The summed E-state index contributed by atoms with van der Waals surface area (Å²) >= 11 is 3.79. The number of rotatable bonds is 14. The molecule has 2 heteroatoms. The zero-order valence-corrected chi connectivity index (χ0v) is 18.6. The molecule has 0 heterocycles. The Kier molecular flexibility index (Phi) is 36.7. The molecule has 0 aliphatic rings. The third-order valence-electron chi connectivity index (χ3n) is 3.55. The summed E-state index contributed by atoms with van der Waals surface area (Å²) in [7, 11) is 1.50. The summed E-state index contributed by atoms with van der Waals surface area (Å²) in [6, 6.07) is 0. The van der Waals surface area contributed by atoms with Gasteiger partial charge in [-0.1, -0.05) is 75.8 Å². The number of allylic oxidation sites excluding steroid dienone is 5. The van der Waals surface area contributed by atoms with Crippen molar-refractivity contribution in [2.75, 3.05) is 12.8 Å². The summed E-state index contributed by atoms with van der Waals surface area (Å²) in [4.78, 5) is 0. The topological polar surface area (TPSA) is 26.0 Å². The molecule has 2 N–H and O–H groups in total. The van der Waals surface area contributed by atoms with Crippen LogP contribution >= 0.6 is 12.6 Å². The molecule has 0 aliphatic carbocycles. The van der Waals surface area contributed by atoms with E-state index in [0.29, 0.717) is 0 Å². The Morgan fingerprint density at radius 1 is 0.800 bits per heavy atom. The molecule has 0 aliphatic heterocycles. The lowest BCUT2D eigenvalue weighted by Gasteiger charge is -2.00. The van der Waals surface area contributed by atoms with Crippen molar-refractivity contribution in [2.45, 2.75) is 97.8 Å². The summed E-state index contributed by atoms with van der Waals surface area (Å²) in [5.74, 6) is 0.944. The molecule has 0 amide bonds. The zero-order valence-electron chi connectivity index (χ0n) is 17.7. The van der Waals surface area contributed by atoms with Crippen molar-refractivity contribution < 1.29 is 0 Å². The Hall–Kier alpha value is -0.470. The minimum Gasteiger partial charge on any atom is -0.333 e. The maximum Gasteiger partial charge on any atom is -0.0126 e. The number of unbranched alkanes of at least 4 members (excludes halogenated alkanes) is 8. The summed E-state index contributed by atoms with van der Waals surface area (Å²) < 4.78 is 0. The monoisotopic (exact) mass is 369 g/mol. The summed E-state index contributed by atoms with van der Waals surface area (Å²) in [6.45, 7) is 10.3. The van der Waals surface area contributed by atoms with Crippen LogP contribution in [0.4, 0.5) is 0 Å². The van der Waals surface area contributed by atoms with Gasteiger partial charge >= 0.3 is 0 Å². The lowest BCUT2D eigenvalue weighted by molar-refractivity contribution is 0.616. The predicted molar refractivity (Wildman–Crippen MR) is 124 cm³/mol. The molecule has 0 spiro atoms. The van der Waals surface area contributed by atoms with Crippen LogP contribution < -0.4 is 5.73 Å². The molecule has 0 atom stereocenters. The maximum absolute atomic E-state index is 4.50. The second kappa shape index (κ2) is 31.3. The van der Waals surface area contributed by atoms with Gasteiger partial charge in [0.25, 0.3) is 0 Å². The van der Waals surface area contributed by atoms with Gasteiger partial charge in [-0.2, -0.15) is 12.6 Å². The smallest absolute Gasteiger partial charge is 0.0126 e. The van der Waals surface area contributed by atoms with Crippen LogP contribution in [0.5, 0.6) is 0 Å². The number of hydrogen-bond acceptors (Lipinski definition) is 2. The van der Waals surface area contributed by atoms with Crippen molar-refractivity contribution in [1.29, 1.82) is 0 Å². The van der Waals surface area contributed by atoms with E-state index in [-0.39, 0.29) is 0 Å². The van der Waals surface area contributed by atoms with Gasteiger partial charge in [0, 0.05) is 0 Å². The maximum atomic E-state index is 4.50. The van der Waals surface area contributed by atoms with E-state index in [0.717, 1.165) is 12.2 Å². The van der Waals surface area contributed by atoms with Crippen LogP contribution in [0.3, 0.4) is 0 Å². The summed E-state index contributed by atoms with van der Waals surface area (Å²) in [5, 5.41) is 0. The zero-order chi connectivity index (χ0) is 19.6. The fourth-order valence-corrected chi connectivity index (χ4v) is 2.24. The highest BCUT2D eigenvalue weighted by molar-refractivity contribution is 7.80. The second-order valence-corrected chi connectivity index (χ2v) is 6.89. The lowest BCUT2D eigenvalue weighted by atomic mass is 10.1. The highest BCUT2D eigenvalue weighted by Gasteiger charge is 1.90. The molecule has 0 radical (unpaired) electrons. The van der Waals surface area contributed by atoms with E-state index in [2.05, 4.69) is 63.1 Å². The molecule has 0 fully saturated rings. The largest absolute Gasteiger partial charge is 0.333 e. The number of nitrogens with two attached hydrogens (primary N) is 1. The quantitative estimate of drug-likeness (QED) is 0.182. The van der Waals surface area contributed by atoms with Crippen LogP contribution in [0, 0.1) is 0 Å². The SMILES string of the molecule is C=C(C)CCCCCCC/C=C\C/C=C\CCCCC.CCS.CN. The van der Waals surface area contributed by atoms with Crippen molar-refractivity contribution in [3.05, 3.63) is 36.5 Å². The Morgan fingerprint density at radius 2 is 1.24 bits per heavy atom. The van der Waals surface area contributed by atoms with Crippen LogP contribution in [-0.2, 0) is 0 Å². The third-order valence-corrected chi connectivity index (χ3v) is 3.55. The normalized spacial score (nSPS) is 10.3. The Balaban J connectivity index is -0.000000866. The fourth-order valence-electron chi connectivity index (χ4n) is 2.24. The van der Waals surface area contributed by atoms with Crippen LogP contribution in [0.2, 0.25) is 0 Å². The molecule has 1 nitrogen and oxygen atoms in total. The molecule has 0 rings (SSSR count). The first-order chi connectivity index (χ1) is 12.2. The van der Waals surface area contributed by atoms with Crippen LogP contribution in [0.1, 0.15) is 97.8 Å². The van der Waals surface area contributed by atoms with Crippen molar-refractivity contribution in [1.82, 2.24) is 0 Å². The first kappa shape index (κ1) is 29.3. The molecule has 0 bridgehead atoms. The van der Waals surface area contributed by atoms with Gasteiger partial charge in [0.05, 0.1) is 0 Å². The van der Waals surface area contributed by atoms with Gasteiger partial charge < -0.3 is 5.73 Å².